The molecule has 0 spiro atoms. The maximum atomic E-state index is 13.2. The molecule has 1 aromatic heterocycles. The second kappa shape index (κ2) is 6.27. The second-order valence-corrected chi connectivity index (χ2v) is 4.31. The van der Waals surface area contributed by atoms with Gasteiger partial charge in [0.1, 0.15) is 17.5 Å². The standard InChI is InChI=1S/C14H16F2N4/c1-3-4-12-19-13(17-2)8-14(20-12)18-9-5-6-10(15)11(16)7-9/h5-8H,3-4H2,1-2H3,(H2,17,18,19,20). The molecule has 0 radical (unpaired) electrons. The molecule has 0 aliphatic rings. The van der Waals surface area contributed by atoms with Gasteiger partial charge in [0, 0.05) is 31.3 Å². The van der Waals surface area contributed by atoms with E-state index in [9.17, 15) is 8.78 Å². The number of nitrogens with zero attached hydrogens (tertiary/aromatic N) is 2. The number of benzene rings is 1. The Balaban J connectivity index is 2.27. The van der Waals surface area contributed by atoms with Crippen molar-refractivity contribution in [3.05, 3.63) is 41.7 Å². The third kappa shape index (κ3) is 3.40. The van der Waals surface area contributed by atoms with Crippen LogP contribution >= 0.6 is 0 Å². The molecule has 0 aliphatic heterocycles. The number of aromatic nitrogens is 2. The predicted octanol–water partition coefficient (Wildman–Crippen LogP) is 3.49. The van der Waals surface area contributed by atoms with E-state index in [0.29, 0.717) is 23.1 Å². The van der Waals surface area contributed by atoms with E-state index < -0.39 is 11.6 Å². The van der Waals surface area contributed by atoms with E-state index in [2.05, 4.69) is 20.6 Å². The van der Waals surface area contributed by atoms with Crippen LogP contribution in [0.15, 0.2) is 24.3 Å². The van der Waals surface area contributed by atoms with Crippen molar-refractivity contribution < 1.29 is 8.78 Å². The molecule has 0 unspecified atom stereocenters. The first kappa shape index (κ1) is 14.2. The number of hydrogen-bond donors (Lipinski definition) is 2. The second-order valence-electron chi connectivity index (χ2n) is 4.31. The van der Waals surface area contributed by atoms with Gasteiger partial charge in [-0.25, -0.2) is 18.7 Å². The summed E-state index contributed by atoms with van der Waals surface area (Å²) in [6, 6.07) is 5.33. The first-order valence-corrected chi connectivity index (χ1v) is 6.40. The summed E-state index contributed by atoms with van der Waals surface area (Å²) in [5.74, 6) is 0.143. The molecule has 0 atom stereocenters. The number of nitrogens with one attached hydrogen (secondary N) is 2. The van der Waals surface area contributed by atoms with Crippen molar-refractivity contribution in [3.8, 4) is 0 Å². The normalized spacial score (nSPS) is 10.4. The largest absolute Gasteiger partial charge is 0.373 e. The summed E-state index contributed by atoms with van der Waals surface area (Å²) >= 11 is 0. The van der Waals surface area contributed by atoms with E-state index >= 15 is 0 Å². The van der Waals surface area contributed by atoms with Crippen LogP contribution in [-0.2, 0) is 6.42 Å². The fourth-order valence-corrected chi connectivity index (χ4v) is 1.75. The summed E-state index contributed by atoms with van der Waals surface area (Å²) in [5, 5.41) is 5.89. The van der Waals surface area contributed by atoms with Crippen molar-refractivity contribution in [1.82, 2.24) is 9.97 Å². The fourth-order valence-electron chi connectivity index (χ4n) is 1.75. The molecule has 2 N–H and O–H groups in total. The molecule has 0 saturated heterocycles. The van der Waals surface area contributed by atoms with Crippen LogP contribution in [0, 0.1) is 11.6 Å². The zero-order valence-corrected chi connectivity index (χ0v) is 11.4. The van der Waals surface area contributed by atoms with Crippen molar-refractivity contribution in [1.29, 1.82) is 0 Å². The van der Waals surface area contributed by atoms with Crippen LogP contribution < -0.4 is 10.6 Å². The van der Waals surface area contributed by atoms with Crippen molar-refractivity contribution in [2.75, 3.05) is 17.7 Å². The first-order chi connectivity index (χ1) is 9.62. The number of hydrogen-bond acceptors (Lipinski definition) is 4. The van der Waals surface area contributed by atoms with E-state index in [0.717, 1.165) is 25.0 Å². The predicted molar refractivity (Wildman–Crippen MR) is 75.2 cm³/mol. The van der Waals surface area contributed by atoms with Gasteiger partial charge in [0.15, 0.2) is 11.6 Å². The van der Waals surface area contributed by atoms with Gasteiger partial charge in [-0.05, 0) is 18.6 Å². The quantitative estimate of drug-likeness (QED) is 0.879. The van der Waals surface area contributed by atoms with Crippen molar-refractivity contribution in [2.45, 2.75) is 19.8 Å². The molecule has 4 nitrogen and oxygen atoms in total. The summed E-state index contributed by atoms with van der Waals surface area (Å²) in [7, 11) is 1.76. The van der Waals surface area contributed by atoms with Gasteiger partial charge in [-0.3, -0.25) is 0 Å². The molecule has 6 heteroatoms. The minimum absolute atomic E-state index is 0.437. The minimum atomic E-state index is -0.897. The topological polar surface area (TPSA) is 49.8 Å². The molecule has 0 bridgehead atoms. The highest BCUT2D eigenvalue weighted by atomic mass is 19.2. The Labute approximate surface area is 116 Å². The third-order valence-electron chi connectivity index (χ3n) is 2.69. The highest BCUT2D eigenvalue weighted by molar-refractivity contribution is 5.59. The van der Waals surface area contributed by atoms with Crippen LogP contribution in [0.3, 0.4) is 0 Å². The lowest BCUT2D eigenvalue weighted by atomic mass is 10.3. The van der Waals surface area contributed by atoms with Crippen LogP contribution in [0.4, 0.5) is 26.1 Å². The molecule has 2 aromatic rings. The van der Waals surface area contributed by atoms with Gasteiger partial charge >= 0.3 is 0 Å². The number of rotatable bonds is 5. The van der Waals surface area contributed by atoms with E-state index in [1.165, 1.54) is 6.07 Å². The number of halogens is 2. The Hall–Kier alpha value is -2.24. The van der Waals surface area contributed by atoms with E-state index in [1.54, 1.807) is 13.1 Å². The Kier molecular flexibility index (Phi) is 4.45. The lowest BCUT2D eigenvalue weighted by molar-refractivity contribution is 0.509. The van der Waals surface area contributed by atoms with Crippen LogP contribution in [0.25, 0.3) is 0 Å². The Morgan fingerprint density at radius 3 is 2.45 bits per heavy atom. The van der Waals surface area contributed by atoms with Gasteiger partial charge in [0.2, 0.25) is 0 Å². The van der Waals surface area contributed by atoms with Gasteiger partial charge in [-0.1, -0.05) is 6.92 Å². The zero-order chi connectivity index (χ0) is 14.5. The average Bonchev–Trinajstić information content (AvgIpc) is 2.43. The first-order valence-electron chi connectivity index (χ1n) is 6.40. The van der Waals surface area contributed by atoms with Crippen molar-refractivity contribution >= 4 is 17.3 Å². The van der Waals surface area contributed by atoms with Crippen molar-refractivity contribution in [2.24, 2.45) is 0 Å². The minimum Gasteiger partial charge on any atom is -0.373 e. The summed E-state index contributed by atoms with van der Waals surface area (Å²) in [6.07, 6.45) is 1.68. The van der Waals surface area contributed by atoms with Gasteiger partial charge in [0.05, 0.1) is 0 Å². The van der Waals surface area contributed by atoms with Gasteiger partial charge < -0.3 is 10.6 Å². The number of anilines is 3. The highest BCUT2D eigenvalue weighted by Crippen LogP contribution is 2.19. The molecule has 1 aromatic carbocycles. The summed E-state index contributed by atoms with van der Waals surface area (Å²) in [4.78, 5) is 8.66. The molecule has 0 amide bonds. The van der Waals surface area contributed by atoms with Gasteiger partial charge in [-0.15, -0.1) is 0 Å². The fraction of sp³-hybridized carbons (Fsp3) is 0.286. The van der Waals surface area contributed by atoms with Gasteiger partial charge in [-0.2, -0.15) is 0 Å². The Bertz CT molecular complexity index is 602. The Morgan fingerprint density at radius 1 is 1.05 bits per heavy atom. The van der Waals surface area contributed by atoms with E-state index in [-0.39, 0.29) is 0 Å². The van der Waals surface area contributed by atoms with Crippen LogP contribution in [-0.4, -0.2) is 17.0 Å². The molecular weight excluding hydrogens is 262 g/mol. The van der Waals surface area contributed by atoms with Gasteiger partial charge in [0.25, 0.3) is 0 Å². The molecule has 0 fully saturated rings. The lowest BCUT2D eigenvalue weighted by Gasteiger charge is -2.09. The molecule has 0 saturated carbocycles. The lowest BCUT2D eigenvalue weighted by Crippen LogP contribution is -2.04. The molecule has 20 heavy (non-hydrogen) atoms. The van der Waals surface area contributed by atoms with E-state index in [1.807, 2.05) is 6.92 Å². The third-order valence-corrected chi connectivity index (χ3v) is 2.69. The van der Waals surface area contributed by atoms with E-state index in [4.69, 9.17) is 0 Å². The monoisotopic (exact) mass is 278 g/mol. The molecular formula is C14H16F2N4. The maximum absolute atomic E-state index is 13.2. The molecule has 0 aliphatic carbocycles. The summed E-state index contributed by atoms with van der Waals surface area (Å²) in [6.45, 7) is 2.04. The molecule has 2 rings (SSSR count). The maximum Gasteiger partial charge on any atom is 0.160 e. The smallest absolute Gasteiger partial charge is 0.160 e. The average molecular weight is 278 g/mol. The summed E-state index contributed by atoms with van der Waals surface area (Å²) in [5.41, 5.74) is 0.437. The number of aryl methyl sites for hydroxylation is 1. The van der Waals surface area contributed by atoms with Crippen LogP contribution in [0.1, 0.15) is 19.2 Å². The van der Waals surface area contributed by atoms with Crippen LogP contribution in [0.2, 0.25) is 0 Å². The molecule has 106 valence electrons. The van der Waals surface area contributed by atoms with Crippen molar-refractivity contribution in [3.63, 3.8) is 0 Å². The Morgan fingerprint density at radius 2 is 1.80 bits per heavy atom. The SMILES string of the molecule is CCCc1nc(NC)cc(Nc2ccc(F)c(F)c2)n1. The highest BCUT2D eigenvalue weighted by Gasteiger charge is 2.06. The zero-order valence-electron chi connectivity index (χ0n) is 11.4. The van der Waals surface area contributed by atoms with Crippen LogP contribution in [0.5, 0.6) is 0 Å². The summed E-state index contributed by atoms with van der Waals surface area (Å²) < 4.78 is 26.0. The molecule has 1 heterocycles.